The maximum absolute atomic E-state index is 10.7. The summed E-state index contributed by atoms with van der Waals surface area (Å²) in [5.74, 6) is 1.42. The second-order valence-electron chi connectivity index (χ2n) is 8.05. The zero-order valence-electron chi connectivity index (χ0n) is 19.7. The molecule has 4 heteroatoms. The van der Waals surface area contributed by atoms with E-state index < -0.39 is 11.9 Å². The molecule has 1 unspecified atom stereocenters. The molecule has 4 nitrogen and oxygen atoms in total. The summed E-state index contributed by atoms with van der Waals surface area (Å²) in [5, 5.41) is 8.78. The van der Waals surface area contributed by atoms with Gasteiger partial charge in [0.1, 0.15) is 11.5 Å². The SMILES string of the molecule is C1CC1.C=C/C(=C\C(=C/C)CC(C)C(=O)O)OC.CCOc1cccc(CC2CC2)c1. The molecule has 0 bridgehead atoms. The Balaban J connectivity index is 0.000000273. The summed E-state index contributed by atoms with van der Waals surface area (Å²) >= 11 is 0. The lowest BCUT2D eigenvalue weighted by Crippen LogP contribution is -2.09. The molecule has 3 rings (SSSR count). The fraction of sp³-hybridized carbons (Fsp3) is 0.519. The van der Waals surface area contributed by atoms with Gasteiger partial charge < -0.3 is 14.6 Å². The fourth-order valence-electron chi connectivity index (χ4n) is 2.67. The van der Waals surface area contributed by atoms with Crippen LogP contribution in [-0.4, -0.2) is 24.8 Å². The van der Waals surface area contributed by atoms with Crippen LogP contribution in [0.3, 0.4) is 0 Å². The normalized spacial score (nSPS) is 16.0. The van der Waals surface area contributed by atoms with E-state index in [-0.39, 0.29) is 0 Å². The molecular formula is C27H40O4. The van der Waals surface area contributed by atoms with Crippen molar-refractivity contribution in [1.82, 2.24) is 0 Å². The van der Waals surface area contributed by atoms with E-state index >= 15 is 0 Å². The highest BCUT2D eigenvalue weighted by Crippen LogP contribution is 2.33. The predicted octanol–water partition coefficient (Wildman–Crippen LogP) is 6.97. The Morgan fingerprint density at radius 2 is 1.97 bits per heavy atom. The smallest absolute Gasteiger partial charge is 0.306 e. The van der Waals surface area contributed by atoms with Crippen LogP contribution in [0.2, 0.25) is 0 Å². The molecule has 0 spiro atoms. The van der Waals surface area contributed by atoms with E-state index in [1.807, 2.05) is 26.0 Å². The largest absolute Gasteiger partial charge is 0.497 e. The van der Waals surface area contributed by atoms with Gasteiger partial charge in [-0.3, -0.25) is 4.79 Å². The Kier molecular flexibility index (Phi) is 13.1. The summed E-state index contributed by atoms with van der Waals surface area (Å²) in [5.41, 5.74) is 2.36. The third kappa shape index (κ3) is 13.4. The van der Waals surface area contributed by atoms with Crippen LogP contribution >= 0.6 is 0 Å². The summed E-state index contributed by atoms with van der Waals surface area (Å²) < 4.78 is 10.5. The van der Waals surface area contributed by atoms with Crippen molar-refractivity contribution in [3.05, 3.63) is 66.0 Å². The van der Waals surface area contributed by atoms with E-state index in [2.05, 4.69) is 24.8 Å². The number of hydrogen-bond acceptors (Lipinski definition) is 3. The van der Waals surface area contributed by atoms with Crippen molar-refractivity contribution >= 4 is 5.97 Å². The first-order valence-corrected chi connectivity index (χ1v) is 11.4. The van der Waals surface area contributed by atoms with Crippen LogP contribution in [-0.2, 0) is 16.0 Å². The minimum Gasteiger partial charge on any atom is -0.497 e. The minimum absolute atomic E-state index is 0.393. The number of allylic oxidation sites excluding steroid dienone is 4. The van der Waals surface area contributed by atoms with Crippen LogP contribution in [0.25, 0.3) is 0 Å². The lowest BCUT2D eigenvalue weighted by Gasteiger charge is -2.08. The van der Waals surface area contributed by atoms with Gasteiger partial charge in [-0.15, -0.1) is 0 Å². The van der Waals surface area contributed by atoms with Crippen molar-refractivity contribution in [2.75, 3.05) is 13.7 Å². The molecule has 0 aliphatic heterocycles. The molecule has 0 heterocycles. The molecule has 1 N–H and O–H groups in total. The first kappa shape index (κ1) is 26.5. The van der Waals surface area contributed by atoms with E-state index in [0.29, 0.717) is 12.2 Å². The monoisotopic (exact) mass is 428 g/mol. The molecule has 2 fully saturated rings. The first-order chi connectivity index (χ1) is 14.9. The number of carboxylic acids is 1. The quantitative estimate of drug-likeness (QED) is 0.323. The second-order valence-corrected chi connectivity index (χ2v) is 8.05. The molecule has 172 valence electrons. The molecular weight excluding hydrogens is 388 g/mol. The number of ether oxygens (including phenoxy) is 2. The van der Waals surface area contributed by atoms with Gasteiger partial charge in [-0.1, -0.05) is 51.0 Å². The van der Waals surface area contributed by atoms with Crippen molar-refractivity contribution < 1.29 is 19.4 Å². The summed E-state index contributed by atoms with van der Waals surface area (Å²) in [6, 6.07) is 8.48. The van der Waals surface area contributed by atoms with E-state index in [1.165, 1.54) is 44.1 Å². The molecule has 2 saturated carbocycles. The van der Waals surface area contributed by atoms with Crippen LogP contribution in [0.15, 0.2) is 60.4 Å². The van der Waals surface area contributed by atoms with E-state index in [0.717, 1.165) is 23.8 Å². The lowest BCUT2D eigenvalue weighted by atomic mass is 10.0. The van der Waals surface area contributed by atoms with Gasteiger partial charge in [0.15, 0.2) is 0 Å². The van der Waals surface area contributed by atoms with Crippen LogP contribution in [0.1, 0.15) is 64.9 Å². The molecule has 2 aliphatic carbocycles. The lowest BCUT2D eigenvalue weighted by molar-refractivity contribution is -0.141. The Morgan fingerprint density at radius 1 is 1.29 bits per heavy atom. The Hall–Kier alpha value is -2.49. The van der Waals surface area contributed by atoms with Gasteiger partial charge in [0.05, 0.1) is 19.6 Å². The van der Waals surface area contributed by atoms with Gasteiger partial charge in [0.2, 0.25) is 0 Å². The third-order valence-corrected chi connectivity index (χ3v) is 4.88. The van der Waals surface area contributed by atoms with Crippen LogP contribution in [0, 0.1) is 11.8 Å². The maximum Gasteiger partial charge on any atom is 0.306 e. The molecule has 0 radical (unpaired) electrons. The van der Waals surface area contributed by atoms with Crippen molar-refractivity contribution in [2.24, 2.45) is 11.8 Å². The number of hydrogen-bond donors (Lipinski definition) is 1. The van der Waals surface area contributed by atoms with E-state index in [9.17, 15) is 4.79 Å². The molecule has 31 heavy (non-hydrogen) atoms. The summed E-state index contributed by atoms with van der Waals surface area (Å²) in [4.78, 5) is 10.7. The van der Waals surface area contributed by atoms with Gasteiger partial charge in [-0.05, 0) is 80.9 Å². The average molecular weight is 429 g/mol. The number of carboxylic acid groups (broad SMARTS) is 1. The van der Waals surface area contributed by atoms with Gasteiger partial charge in [0, 0.05) is 0 Å². The fourth-order valence-corrected chi connectivity index (χ4v) is 2.67. The standard InChI is InChI=1S/C12H18O3.C12H16O.C3H6/c1-5-10(7-9(3)12(13)14)8-11(6-2)15-4;1-2-13-12-5-3-4-11(9-12)8-10-6-7-10;1-2-3-1/h5-6,8-9H,2,7H2,1,3-4H3,(H,13,14);3-5,9-10H,2,6-8H2,1H3;1-3H2/b10-5-,11-8+;;. The zero-order chi connectivity index (χ0) is 23.1. The Labute approximate surface area is 188 Å². The van der Waals surface area contributed by atoms with E-state index in [1.54, 1.807) is 26.2 Å². The summed E-state index contributed by atoms with van der Waals surface area (Å²) in [7, 11) is 1.56. The van der Waals surface area contributed by atoms with Crippen molar-refractivity contribution in [3.63, 3.8) is 0 Å². The molecule has 2 aliphatic rings. The van der Waals surface area contributed by atoms with Crippen molar-refractivity contribution in [1.29, 1.82) is 0 Å². The van der Waals surface area contributed by atoms with Crippen LogP contribution in [0.5, 0.6) is 5.75 Å². The van der Waals surface area contributed by atoms with Crippen LogP contribution in [0.4, 0.5) is 0 Å². The predicted molar refractivity (Wildman–Crippen MR) is 128 cm³/mol. The number of rotatable bonds is 10. The molecule has 0 amide bonds. The maximum atomic E-state index is 10.7. The van der Waals surface area contributed by atoms with E-state index in [4.69, 9.17) is 14.6 Å². The molecule has 0 aromatic heterocycles. The number of carbonyl (C=O) groups is 1. The van der Waals surface area contributed by atoms with Crippen LogP contribution < -0.4 is 4.74 Å². The van der Waals surface area contributed by atoms with Crippen molar-refractivity contribution in [3.8, 4) is 5.75 Å². The summed E-state index contributed by atoms with van der Waals surface area (Å²) in [6.07, 6.45) is 14.3. The van der Waals surface area contributed by atoms with Gasteiger partial charge in [0.25, 0.3) is 0 Å². The molecule has 1 atom stereocenters. The highest BCUT2D eigenvalue weighted by Gasteiger charge is 2.21. The van der Waals surface area contributed by atoms with Gasteiger partial charge >= 0.3 is 5.97 Å². The summed E-state index contributed by atoms with van der Waals surface area (Å²) in [6.45, 7) is 9.93. The topological polar surface area (TPSA) is 55.8 Å². The highest BCUT2D eigenvalue weighted by atomic mass is 16.5. The van der Waals surface area contributed by atoms with Gasteiger partial charge in [-0.25, -0.2) is 0 Å². The van der Waals surface area contributed by atoms with Gasteiger partial charge in [-0.2, -0.15) is 0 Å². The molecule has 1 aromatic carbocycles. The van der Waals surface area contributed by atoms with Crippen molar-refractivity contribution in [2.45, 2.75) is 65.7 Å². The second kappa shape index (κ2) is 15.3. The number of aliphatic carboxylic acids is 1. The average Bonchev–Trinajstić information content (AvgIpc) is 3.65. The number of benzene rings is 1. The number of methoxy groups -OCH3 is 1. The highest BCUT2D eigenvalue weighted by molar-refractivity contribution is 5.70. The Morgan fingerprint density at radius 3 is 2.42 bits per heavy atom. The third-order valence-electron chi connectivity index (χ3n) is 4.88. The Bertz CT molecular complexity index is 724. The molecule has 0 saturated heterocycles. The first-order valence-electron chi connectivity index (χ1n) is 11.4. The zero-order valence-corrected chi connectivity index (χ0v) is 19.7. The minimum atomic E-state index is -0.791. The molecule has 1 aromatic rings.